The summed E-state index contributed by atoms with van der Waals surface area (Å²) in [5.41, 5.74) is 2.74. The summed E-state index contributed by atoms with van der Waals surface area (Å²) in [4.78, 5) is 31.1. The average Bonchev–Trinajstić information content (AvgIpc) is 3.15. The summed E-state index contributed by atoms with van der Waals surface area (Å²) in [6.45, 7) is 1.70. The smallest absolute Gasteiger partial charge is 0.331 e. The molecule has 1 aliphatic heterocycles. The molecule has 2 aromatic rings. The molecule has 9 heteroatoms. The van der Waals surface area contributed by atoms with Crippen molar-refractivity contribution >= 4 is 58.6 Å². The third-order valence-corrected chi connectivity index (χ3v) is 6.37. The van der Waals surface area contributed by atoms with E-state index in [-0.39, 0.29) is 18.0 Å². The number of H-pyrrole nitrogens is 1. The summed E-state index contributed by atoms with van der Waals surface area (Å²) >= 11 is 9.11. The van der Waals surface area contributed by atoms with E-state index in [9.17, 15) is 9.59 Å². The third-order valence-electron chi connectivity index (χ3n) is 5.90. The van der Waals surface area contributed by atoms with Crippen LogP contribution in [0.1, 0.15) is 24.2 Å². The van der Waals surface area contributed by atoms with Crippen molar-refractivity contribution in [3.05, 3.63) is 59.3 Å². The van der Waals surface area contributed by atoms with Crippen LogP contribution in [0.15, 0.2) is 52.5 Å². The molecule has 1 aromatic carbocycles. The number of fused-ring (bicyclic) bond motifs is 3. The molecule has 0 saturated carbocycles. The van der Waals surface area contributed by atoms with Crippen molar-refractivity contribution in [2.45, 2.75) is 24.9 Å². The van der Waals surface area contributed by atoms with Crippen LogP contribution in [0.5, 0.6) is 0 Å². The van der Waals surface area contributed by atoms with Gasteiger partial charge in [0.05, 0.1) is 31.7 Å². The average molecular weight is 458 g/mol. The molecule has 0 radical (unpaired) electrons. The number of rotatable bonds is 3. The summed E-state index contributed by atoms with van der Waals surface area (Å²) in [5.74, 6) is -1.20. The van der Waals surface area contributed by atoms with Crippen LogP contribution >= 0.6 is 11.6 Å². The molecule has 0 bridgehead atoms. The summed E-state index contributed by atoms with van der Waals surface area (Å²) < 4.78 is 9.12. The maximum atomic E-state index is 13.1. The largest absolute Gasteiger partial charge is 0.467 e. The van der Waals surface area contributed by atoms with Gasteiger partial charge in [-0.05, 0) is 36.3 Å². The van der Waals surface area contributed by atoms with Gasteiger partial charge >= 0.3 is 5.97 Å². The number of para-hydroxylation sites is 1. The van der Waals surface area contributed by atoms with Crippen LogP contribution in [0.2, 0.25) is 0 Å². The Balaban J connectivity index is 2.03. The number of aromatic nitrogens is 1. The van der Waals surface area contributed by atoms with Crippen molar-refractivity contribution in [1.29, 1.82) is 5.41 Å². The fraction of sp³-hybridized carbons (Fsp3) is 0.273. The van der Waals surface area contributed by atoms with E-state index in [2.05, 4.69) is 22.2 Å². The van der Waals surface area contributed by atoms with Gasteiger partial charge in [0.1, 0.15) is 17.1 Å². The standard InChI is InChI=1S/C22H21ClN4O3S/c1-22(21(29)30-2)10-14-13-5-3-4-6-16(13)25-19(14)20(27(22)18(28)11-23)12-7-8-15(24)17(9-12)26-31/h3-9,20,24-25,31H,10-11H2,1-2H3/p+1/b24-15?,26-17-/t20-,22-/m1/s1. The van der Waals surface area contributed by atoms with Crippen LogP contribution in [-0.4, -0.2) is 51.7 Å². The van der Waals surface area contributed by atoms with Crippen LogP contribution in [-0.2, 0) is 33.6 Å². The number of nitrogens with zero attached hydrogens (tertiary/aromatic N) is 2. The minimum atomic E-state index is -1.27. The van der Waals surface area contributed by atoms with Gasteiger partial charge < -0.3 is 14.6 Å². The second-order valence-corrected chi connectivity index (χ2v) is 8.18. The molecule has 2 heterocycles. The van der Waals surface area contributed by atoms with Crippen LogP contribution in [0, 0.1) is 5.41 Å². The predicted molar refractivity (Wildman–Crippen MR) is 125 cm³/mol. The molecule has 1 amide bonds. The molecule has 2 aliphatic rings. The maximum absolute atomic E-state index is 13.1. The third kappa shape index (κ3) is 3.30. The van der Waals surface area contributed by atoms with Crippen molar-refractivity contribution in [2.75, 3.05) is 13.0 Å². The van der Waals surface area contributed by atoms with Crippen molar-refractivity contribution in [3.8, 4) is 0 Å². The van der Waals surface area contributed by atoms with E-state index in [0.29, 0.717) is 11.3 Å². The summed E-state index contributed by atoms with van der Waals surface area (Å²) in [5, 5.41) is 9.04. The molecule has 0 unspecified atom stereocenters. The van der Waals surface area contributed by atoms with Crippen molar-refractivity contribution < 1.29 is 14.3 Å². The summed E-state index contributed by atoms with van der Waals surface area (Å²) in [6.07, 6.45) is 5.39. The number of hydrogen-bond acceptors (Lipinski definition) is 5. The predicted octanol–water partition coefficient (Wildman–Crippen LogP) is 2.65. The minimum Gasteiger partial charge on any atom is -0.467 e. The molecule has 2 atom stereocenters. The number of hydrogen-bond donors (Lipinski definition) is 2. The van der Waals surface area contributed by atoms with Crippen molar-refractivity contribution in [2.24, 2.45) is 4.40 Å². The Kier molecular flexibility index (Phi) is 5.53. The Morgan fingerprint density at radius 2 is 2.13 bits per heavy atom. The highest BCUT2D eigenvalue weighted by Gasteiger charge is 2.52. The molecule has 0 fully saturated rings. The van der Waals surface area contributed by atoms with Crippen LogP contribution in [0.4, 0.5) is 0 Å². The minimum absolute atomic E-state index is 0.234. The van der Waals surface area contributed by atoms with Gasteiger partial charge in [0.15, 0.2) is 0 Å². The van der Waals surface area contributed by atoms with Gasteiger partial charge in [0.25, 0.3) is 0 Å². The fourth-order valence-corrected chi connectivity index (χ4v) is 4.80. The molecule has 7 nitrogen and oxygen atoms in total. The van der Waals surface area contributed by atoms with Crippen LogP contribution < -0.4 is 0 Å². The molecule has 160 valence electrons. The van der Waals surface area contributed by atoms with Crippen LogP contribution in [0.25, 0.3) is 10.9 Å². The molecule has 1 aliphatic carbocycles. The zero-order valence-electron chi connectivity index (χ0n) is 17.0. The Hall–Kier alpha value is -2.84. The molecule has 1 aromatic heterocycles. The molecule has 0 spiro atoms. The molecule has 0 saturated heterocycles. The second kappa shape index (κ2) is 8.01. The van der Waals surface area contributed by atoms with Crippen molar-refractivity contribution in [3.63, 3.8) is 0 Å². The quantitative estimate of drug-likeness (QED) is 0.321. The first-order chi connectivity index (χ1) is 14.8. The van der Waals surface area contributed by atoms with Gasteiger partial charge in [-0.2, -0.15) is 0 Å². The Morgan fingerprint density at radius 3 is 2.81 bits per heavy atom. The Labute approximate surface area is 189 Å². The van der Waals surface area contributed by atoms with E-state index in [4.69, 9.17) is 21.7 Å². The van der Waals surface area contributed by atoms with E-state index >= 15 is 0 Å². The second-order valence-electron chi connectivity index (χ2n) is 7.69. The lowest BCUT2D eigenvalue weighted by Crippen LogP contribution is -2.61. The number of benzene rings is 1. The zero-order valence-corrected chi connectivity index (χ0v) is 18.8. The Bertz CT molecular complexity index is 1200. The first kappa shape index (κ1) is 21.4. The molecular formula is C22H22ClN4O3S+. The SMILES string of the molecule is COC(=O)[C@@]1(C)Cc2c([nH]c3ccccc23)[C@@H](C2=C/C(=N/[SH2+])C(=N)C=C2)N1C(=O)CCl. The fourth-order valence-electron chi connectivity index (χ4n) is 4.49. The van der Waals surface area contributed by atoms with Gasteiger partial charge in [0.2, 0.25) is 5.91 Å². The summed E-state index contributed by atoms with van der Waals surface area (Å²) in [7, 11) is 1.31. The first-order valence-corrected chi connectivity index (χ1v) is 10.6. The highest BCUT2D eigenvalue weighted by Crippen LogP contribution is 2.46. The van der Waals surface area contributed by atoms with Gasteiger partial charge in [-0.3, -0.25) is 10.2 Å². The van der Waals surface area contributed by atoms with E-state index in [1.807, 2.05) is 24.3 Å². The topological polar surface area (TPSA) is 98.6 Å². The number of aromatic amines is 1. The maximum Gasteiger partial charge on any atom is 0.331 e. The lowest BCUT2D eigenvalue weighted by molar-refractivity contribution is -0.163. The highest BCUT2D eigenvalue weighted by atomic mass is 35.5. The van der Waals surface area contributed by atoms with E-state index < -0.39 is 23.5 Å². The van der Waals surface area contributed by atoms with E-state index in [0.717, 1.165) is 22.2 Å². The van der Waals surface area contributed by atoms with Gasteiger partial charge in [-0.25, -0.2) is 4.79 Å². The lowest BCUT2D eigenvalue weighted by Gasteiger charge is -2.47. The number of halogens is 1. The Morgan fingerprint density at radius 1 is 1.39 bits per heavy atom. The molecule has 2 N–H and O–H groups in total. The van der Waals surface area contributed by atoms with Gasteiger partial charge in [-0.1, -0.05) is 28.7 Å². The number of carbonyl (C=O) groups excluding carboxylic acids is 2. The van der Waals surface area contributed by atoms with Gasteiger partial charge in [-0.15, -0.1) is 11.6 Å². The van der Waals surface area contributed by atoms with E-state index in [1.54, 1.807) is 25.2 Å². The number of carbonyl (C=O) groups is 2. The lowest BCUT2D eigenvalue weighted by atomic mass is 9.79. The number of alkyl halides is 1. The summed E-state index contributed by atoms with van der Waals surface area (Å²) in [6, 6.07) is 7.17. The normalized spacial score (nSPS) is 24.3. The number of ether oxygens (including phenoxy) is 1. The monoisotopic (exact) mass is 457 g/mol. The number of esters is 1. The number of allylic oxidation sites excluding steroid dienone is 2. The zero-order chi connectivity index (χ0) is 22.3. The highest BCUT2D eigenvalue weighted by molar-refractivity contribution is 7.57. The molecule has 4 rings (SSSR count). The van der Waals surface area contributed by atoms with Crippen molar-refractivity contribution in [1.82, 2.24) is 9.88 Å². The first-order valence-electron chi connectivity index (χ1n) is 9.64. The number of nitrogens with one attached hydrogen (secondary N) is 2. The van der Waals surface area contributed by atoms with Gasteiger partial charge in [0, 0.05) is 23.0 Å². The molecule has 31 heavy (non-hydrogen) atoms. The number of methoxy groups -OCH3 is 1. The van der Waals surface area contributed by atoms with Crippen LogP contribution in [0.3, 0.4) is 0 Å². The number of amides is 1. The van der Waals surface area contributed by atoms with E-state index in [1.165, 1.54) is 12.0 Å². The molecular weight excluding hydrogens is 436 g/mol.